The molecule has 0 bridgehead atoms. The molecule has 0 aliphatic rings. The zero-order valence-electron chi connectivity index (χ0n) is 52.0. The number of nitrogens with one attached hydrogen (secondary N) is 1. The van der Waals surface area contributed by atoms with Gasteiger partial charge in [0.2, 0.25) is 5.91 Å². The van der Waals surface area contributed by atoms with Crippen LogP contribution in [0.2, 0.25) is 0 Å². The molecule has 6 heteroatoms. The van der Waals surface area contributed by atoms with E-state index in [-0.39, 0.29) is 18.5 Å². The van der Waals surface area contributed by atoms with E-state index in [2.05, 4.69) is 43.5 Å². The van der Waals surface area contributed by atoms with Crippen molar-refractivity contribution < 1.29 is 24.5 Å². The number of hydrogen-bond acceptors (Lipinski definition) is 5. The minimum atomic E-state index is -0.849. The maximum atomic E-state index is 12.5. The van der Waals surface area contributed by atoms with Crippen LogP contribution in [0.3, 0.4) is 0 Å². The second-order valence-electron chi connectivity index (χ2n) is 23.9. The summed E-state index contributed by atoms with van der Waals surface area (Å²) in [5.74, 6) is -0.0659. The first-order valence-electron chi connectivity index (χ1n) is 34.8. The highest BCUT2D eigenvalue weighted by Gasteiger charge is 2.18. The molecule has 0 aromatic rings. The molecule has 2 atom stereocenters. The highest BCUT2D eigenvalue weighted by atomic mass is 16.5. The molecule has 0 aliphatic heterocycles. The van der Waals surface area contributed by atoms with Crippen LogP contribution in [0, 0.1) is 0 Å². The minimum absolute atomic E-state index is 0.00126. The number of ether oxygens (including phenoxy) is 1. The second-order valence-corrected chi connectivity index (χ2v) is 23.9. The SMILES string of the molecule is CCCCC/C=C\C/C=C\CCCCCCCCCC(=O)OCCCCCCCCCCCCCCCCCCCCCC(=O)NC(CO)C(O)/C=C/CCCCCCCCCCCCCCCCCCCCCCCC. The van der Waals surface area contributed by atoms with E-state index < -0.39 is 12.1 Å². The monoisotopic (exact) mass is 1080 g/mol. The molecule has 0 radical (unpaired) electrons. The number of allylic oxidation sites excluding steroid dienone is 5. The van der Waals surface area contributed by atoms with Gasteiger partial charge in [0, 0.05) is 12.8 Å². The summed E-state index contributed by atoms with van der Waals surface area (Å²) in [6.45, 7) is 4.90. The van der Waals surface area contributed by atoms with Crippen LogP contribution in [0.25, 0.3) is 0 Å². The van der Waals surface area contributed by atoms with Crippen molar-refractivity contribution in [2.75, 3.05) is 13.2 Å². The van der Waals surface area contributed by atoms with E-state index in [0.29, 0.717) is 19.4 Å². The first-order valence-corrected chi connectivity index (χ1v) is 34.8. The summed E-state index contributed by atoms with van der Waals surface area (Å²) in [6.07, 6.45) is 84.9. The summed E-state index contributed by atoms with van der Waals surface area (Å²) in [5.41, 5.74) is 0. The van der Waals surface area contributed by atoms with Gasteiger partial charge in [0.15, 0.2) is 0 Å². The zero-order valence-corrected chi connectivity index (χ0v) is 52.0. The Labute approximate surface area is 481 Å². The van der Waals surface area contributed by atoms with E-state index in [9.17, 15) is 19.8 Å². The number of unbranched alkanes of at least 4 members (excludes halogenated alkanes) is 50. The van der Waals surface area contributed by atoms with Gasteiger partial charge >= 0.3 is 5.97 Å². The summed E-state index contributed by atoms with van der Waals surface area (Å²) in [6, 6.07) is -0.632. The Morgan fingerprint density at radius 3 is 1.01 bits per heavy atom. The fraction of sp³-hybridized carbons (Fsp3) is 0.887. The highest BCUT2D eigenvalue weighted by Crippen LogP contribution is 2.18. The number of rotatable bonds is 65. The highest BCUT2D eigenvalue weighted by molar-refractivity contribution is 5.76. The van der Waals surface area contributed by atoms with Gasteiger partial charge < -0.3 is 20.3 Å². The lowest BCUT2D eigenvalue weighted by Gasteiger charge is -2.20. The molecular weight excluding hydrogens is 947 g/mol. The lowest BCUT2D eigenvalue weighted by Crippen LogP contribution is -2.45. The Kier molecular flexibility index (Phi) is 64.9. The van der Waals surface area contributed by atoms with Crippen LogP contribution in [-0.4, -0.2) is 47.4 Å². The number of esters is 1. The van der Waals surface area contributed by atoms with Crippen molar-refractivity contribution in [3.05, 3.63) is 36.5 Å². The Morgan fingerprint density at radius 1 is 0.364 bits per heavy atom. The van der Waals surface area contributed by atoms with Gasteiger partial charge in [-0.25, -0.2) is 0 Å². The van der Waals surface area contributed by atoms with E-state index in [0.717, 1.165) is 51.4 Å². The lowest BCUT2D eigenvalue weighted by atomic mass is 10.0. The van der Waals surface area contributed by atoms with Crippen molar-refractivity contribution in [1.29, 1.82) is 0 Å². The van der Waals surface area contributed by atoms with Crippen molar-refractivity contribution in [2.24, 2.45) is 0 Å². The predicted molar refractivity (Wildman–Crippen MR) is 338 cm³/mol. The molecule has 1 amide bonds. The summed E-state index contributed by atoms with van der Waals surface area (Å²) in [7, 11) is 0. The van der Waals surface area contributed by atoms with E-state index in [1.165, 1.54) is 302 Å². The number of hydrogen-bond donors (Lipinski definition) is 3. The topological polar surface area (TPSA) is 95.9 Å². The fourth-order valence-electron chi connectivity index (χ4n) is 10.8. The van der Waals surface area contributed by atoms with Crippen LogP contribution >= 0.6 is 0 Å². The first kappa shape index (κ1) is 75.1. The van der Waals surface area contributed by atoms with E-state index in [1.807, 2.05) is 6.08 Å². The van der Waals surface area contributed by atoms with Gasteiger partial charge in [-0.15, -0.1) is 0 Å². The smallest absolute Gasteiger partial charge is 0.305 e. The van der Waals surface area contributed by atoms with Gasteiger partial charge in [0.05, 0.1) is 25.4 Å². The number of amides is 1. The summed E-state index contributed by atoms with van der Waals surface area (Å²) >= 11 is 0. The third-order valence-electron chi connectivity index (χ3n) is 16.2. The normalized spacial score (nSPS) is 12.7. The number of carbonyl (C=O) groups excluding carboxylic acids is 2. The molecule has 0 heterocycles. The average molecular weight is 1080 g/mol. The average Bonchev–Trinajstić information content (AvgIpc) is 3.43. The Morgan fingerprint density at radius 2 is 0.649 bits per heavy atom. The molecule has 77 heavy (non-hydrogen) atoms. The summed E-state index contributed by atoms with van der Waals surface area (Å²) in [5, 5.41) is 23.3. The standard InChI is InChI=1S/C71H135NO5/c1-3-5-7-9-11-13-15-17-19-21-22-23-24-25-26-28-32-35-39-43-47-51-55-59-63-69(74)68(67-73)72-70(75)64-60-56-52-48-44-40-36-33-29-27-30-34-38-42-46-50-54-58-62-66-77-71(76)65-61-57-53-49-45-41-37-31-20-18-16-14-12-10-8-6-4-2/h12,14,18,20,59,63,68-69,73-74H,3-11,13,15-17,19,21-58,60-62,64-67H2,1-2H3,(H,72,75)/b14-12-,20-18-,63-59+. The molecular formula is C71H135NO5. The Balaban J connectivity index is 3.43. The molecule has 2 unspecified atom stereocenters. The molecule has 0 aliphatic carbocycles. The molecule has 6 nitrogen and oxygen atoms in total. The second kappa shape index (κ2) is 66.6. The van der Waals surface area contributed by atoms with E-state index >= 15 is 0 Å². The van der Waals surface area contributed by atoms with Crippen molar-refractivity contribution in [3.8, 4) is 0 Å². The number of aliphatic hydroxyl groups excluding tert-OH is 2. The summed E-state index contributed by atoms with van der Waals surface area (Å²) in [4.78, 5) is 24.6. The van der Waals surface area contributed by atoms with Crippen LogP contribution < -0.4 is 5.32 Å². The Hall–Kier alpha value is -1.92. The van der Waals surface area contributed by atoms with Crippen LogP contribution in [-0.2, 0) is 14.3 Å². The van der Waals surface area contributed by atoms with Crippen LogP contribution in [0.5, 0.6) is 0 Å². The maximum Gasteiger partial charge on any atom is 0.305 e. The molecule has 0 rings (SSSR count). The van der Waals surface area contributed by atoms with Crippen LogP contribution in [0.15, 0.2) is 36.5 Å². The van der Waals surface area contributed by atoms with Gasteiger partial charge in [-0.2, -0.15) is 0 Å². The number of carbonyl (C=O) groups is 2. The minimum Gasteiger partial charge on any atom is -0.466 e. The Bertz CT molecular complexity index is 1250. The molecule has 0 aromatic carbocycles. The number of aliphatic hydroxyl groups is 2. The van der Waals surface area contributed by atoms with Crippen molar-refractivity contribution in [3.63, 3.8) is 0 Å². The van der Waals surface area contributed by atoms with Gasteiger partial charge in [-0.05, 0) is 64.2 Å². The first-order chi connectivity index (χ1) is 38.0. The largest absolute Gasteiger partial charge is 0.466 e. The van der Waals surface area contributed by atoms with Gasteiger partial charge in [-0.3, -0.25) is 9.59 Å². The van der Waals surface area contributed by atoms with Gasteiger partial charge in [0.25, 0.3) is 0 Å². The predicted octanol–water partition coefficient (Wildman–Crippen LogP) is 22.3. The van der Waals surface area contributed by atoms with Gasteiger partial charge in [0.1, 0.15) is 0 Å². The molecule has 0 fully saturated rings. The van der Waals surface area contributed by atoms with Crippen molar-refractivity contribution >= 4 is 11.9 Å². The molecule has 0 aromatic heterocycles. The maximum absolute atomic E-state index is 12.5. The quantitative estimate of drug-likeness (QED) is 0.0320. The van der Waals surface area contributed by atoms with Crippen molar-refractivity contribution in [1.82, 2.24) is 5.32 Å². The van der Waals surface area contributed by atoms with Crippen LogP contribution in [0.4, 0.5) is 0 Å². The molecule has 3 N–H and O–H groups in total. The third-order valence-corrected chi connectivity index (χ3v) is 16.2. The molecule has 454 valence electrons. The van der Waals surface area contributed by atoms with E-state index in [4.69, 9.17) is 4.74 Å². The summed E-state index contributed by atoms with van der Waals surface area (Å²) < 4.78 is 5.49. The van der Waals surface area contributed by atoms with Crippen molar-refractivity contribution in [2.45, 2.75) is 392 Å². The van der Waals surface area contributed by atoms with Gasteiger partial charge in [-0.1, -0.05) is 339 Å². The van der Waals surface area contributed by atoms with Crippen LogP contribution in [0.1, 0.15) is 380 Å². The zero-order chi connectivity index (χ0) is 55.7. The lowest BCUT2D eigenvalue weighted by molar-refractivity contribution is -0.143. The third kappa shape index (κ3) is 63.1. The molecule has 0 spiro atoms. The van der Waals surface area contributed by atoms with E-state index in [1.54, 1.807) is 6.08 Å². The fourth-order valence-corrected chi connectivity index (χ4v) is 10.8. The molecule has 0 saturated carbocycles. The molecule has 0 saturated heterocycles.